The molecule has 0 aliphatic carbocycles. The summed E-state index contributed by atoms with van der Waals surface area (Å²) in [5.41, 5.74) is 2.41. The molecule has 0 radical (unpaired) electrons. The zero-order chi connectivity index (χ0) is 15.8. The molecule has 1 aromatic rings. The van der Waals surface area contributed by atoms with Crippen molar-refractivity contribution in [2.45, 2.75) is 52.3 Å². The first-order valence-electron chi connectivity index (χ1n) is 6.99. The number of rotatable bonds is 1. The minimum Gasteiger partial charge on any atom is -0.480 e. The van der Waals surface area contributed by atoms with Crippen LogP contribution < -0.4 is 0 Å². The highest BCUT2D eigenvalue weighted by Gasteiger charge is 2.37. The van der Waals surface area contributed by atoms with Gasteiger partial charge in [0, 0.05) is 6.42 Å². The molecule has 21 heavy (non-hydrogen) atoms. The lowest BCUT2D eigenvalue weighted by molar-refractivity contribution is -0.143. The van der Waals surface area contributed by atoms with Crippen molar-refractivity contribution < 1.29 is 19.4 Å². The van der Waals surface area contributed by atoms with Crippen LogP contribution in [0.1, 0.15) is 37.5 Å². The number of carbonyl (C=O) groups excluding carboxylic acids is 1. The summed E-state index contributed by atoms with van der Waals surface area (Å²) in [5.74, 6) is -1.00. The highest BCUT2D eigenvalue weighted by Crippen LogP contribution is 2.27. The Balaban J connectivity index is 2.32. The normalized spacial score (nSPS) is 18.1. The van der Waals surface area contributed by atoms with Gasteiger partial charge in [-0.15, -0.1) is 0 Å². The molecule has 5 heteroatoms. The van der Waals surface area contributed by atoms with Gasteiger partial charge in [0.05, 0.1) is 6.54 Å². The molecule has 0 bridgehead atoms. The van der Waals surface area contributed by atoms with E-state index in [1.54, 1.807) is 20.8 Å². The fourth-order valence-electron chi connectivity index (χ4n) is 2.53. The minimum atomic E-state index is -1.00. The molecule has 1 aliphatic rings. The van der Waals surface area contributed by atoms with Crippen LogP contribution in [0.3, 0.4) is 0 Å². The van der Waals surface area contributed by atoms with Gasteiger partial charge in [-0.2, -0.15) is 0 Å². The zero-order valence-electron chi connectivity index (χ0n) is 12.8. The van der Waals surface area contributed by atoms with Gasteiger partial charge < -0.3 is 9.84 Å². The number of carboxylic acids is 1. The van der Waals surface area contributed by atoms with Crippen LogP contribution in [0.4, 0.5) is 4.79 Å². The summed E-state index contributed by atoms with van der Waals surface area (Å²) in [7, 11) is 0. The van der Waals surface area contributed by atoms with Crippen LogP contribution in [0.15, 0.2) is 18.2 Å². The van der Waals surface area contributed by atoms with Crippen LogP contribution in [0, 0.1) is 6.92 Å². The molecule has 0 unspecified atom stereocenters. The smallest absolute Gasteiger partial charge is 0.411 e. The van der Waals surface area contributed by atoms with Crippen LogP contribution >= 0.6 is 0 Å². The van der Waals surface area contributed by atoms with E-state index in [4.69, 9.17) is 4.74 Å². The summed E-state index contributed by atoms with van der Waals surface area (Å²) in [4.78, 5) is 25.1. The Bertz CT molecular complexity index is 574. The molecule has 0 spiro atoms. The summed E-state index contributed by atoms with van der Waals surface area (Å²) in [6.07, 6.45) is -0.265. The van der Waals surface area contributed by atoms with E-state index in [-0.39, 0.29) is 6.54 Å². The summed E-state index contributed by atoms with van der Waals surface area (Å²) in [5, 5.41) is 9.42. The number of hydrogen-bond acceptors (Lipinski definition) is 3. The van der Waals surface area contributed by atoms with Crippen molar-refractivity contribution in [2.75, 3.05) is 0 Å². The topological polar surface area (TPSA) is 66.8 Å². The predicted octanol–water partition coefficient (Wildman–Crippen LogP) is 2.74. The Hall–Kier alpha value is -2.04. The van der Waals surface area contributed by atoms with E-state index >= 15 is 0 Å². The van der Waals surface area contributed by atoms with E-state index in [1.165, 1.54) is 4.90 Å². The molecule has 1 atom stereocenters. The van der Waals surface area contributed by atoms with Crippen LogP contribution in [-0.4, -0.2) is 33.7 Å². The maximum absolute atomic E-state index is 12.3. The largest absolute Gasteiger partial charge is 0.480 e. The summed E-state index contributed by atoms with van der Waals surface area (Å²) in [6, 6.07) is 4.93. The number of ether oxygens (including phenoxy) is 1. The molecule has 1 aliphatic heterocycles. The third-order valence-electron chi connectivity index (χ3n) is 3.53. The molecule has 0 aromatic heterocycles. The molecular formula is C16H21NO4. The third-order valence-corrected chi connectivity index (χ3v) is 3.53. The van der Waals surface area contributed by atoms with Gasteiger partial charge in [-0.1, -0.05) is 18.2 Å². The molecule has 1 amide bonds. The lowest BCUT2D eigenvalue weighted by Gasteiger charge is -2.36. The molecule has 0 fully saturated rings. The average molecular weight is 291 g/mol. The second-order valence-electron chi connectivity index (χ2n) is 6.38. The minimum absolute atomic E-state index is 0.267. The van der Waals surface area contributed by atoms with E-state index in [9.17, 15) is 14.7 Å². The van der Waals surface area contributed by atoms with Crippen LogP contribution in [-0.2, 0) is 22.5 Å². The number of carboxylic acid groups (broad SMARTS) is 1. The first-order chi connectivity index (χ1) is 9.69. The van der Waals surface area contributed by atoms with Gasteiger partial charge in [0.1, 0.15) is 11.6 Å². The molecule has 114 valence electrons. The van der Waals surface area contributed by atoms with Gasteiger partial charge in [0.2, 0.25) is 0 Å². The monoisotopic (exact) mass is 291 g/mol. The highest BCUT2D eigenvalue weighted by atomic mass is 16.6. The first kappa shape index (κ1) is 15.4. The lowest BCUT2D eigenvalue weighted by atomic mass is 9.91. The molecule has 1 heterocycles. The van der Waals surface area contributed by atoms with E-state index in [0.717, 1.165) is 16.7 Å². The highest BCUT2D eigenvalue weighted by molar-refractivity contribution is 5.81. The van der Waals surface area contributed by atoms with Crippen molar-refractivity contribution in [3.8, 4) is 0 Å². The Kier molecular flexibility index (Phi) is 3.94. The number of carbonyl (C=O) groups is 2. The van der Waals surface area contributed by atoms with Crippen LogP contribution in [0.25, 0.3) is 0 Å². The summed E-state index contributed by atoms with van der Waals surface area (Å²) < 4.78 is 5.33. The van der Waals surface area contributed by atoms with E-state index in [0.29, 0.717) is 6.42 Å². The van der Waals surface area contributed by atoms with Crippen LogP contribution in [0.5, 0.6) is 0 Å². The van der Waals surface area contributed by atoms with Crippen molar-refractivity contribution in [3.63, 3.8) is 0 Å². The van der Waals surface area contributed by atoms with Gasteiger partial charge in [-0.25, -0.2) is 9.59 Å². The maximum atomic E-state index is 12.3. The first-order valence-corrected chi connectivity index (χ1v) is 6.99. The molecule has 5 nitrogen and oxygen atoms in total. The Morgan fingerprint density at radius 2 is 2.00 bits per heavy atom. The van der Waals surface area contributed by atoms with E-state index in [2.05, 4.69) is 0 Å². The third kappa shape index (κ3) is 3.35. The quantitative estimate of drug-likeness (QED) is 0.864. The van der Waals surface area contributed by atoms with Gasteiger partial charge in [0.15, 0.2) is 0 Å². The number of hydrogen-bond donors (Lipinski definition) is 1. The van der Waals surface area contributed by atoms with Crippen molar-refractivity contribution in [2.24, 2.45) is 0 Å². The average Bonchev–Trinajstić information content (AvgIpc) is 2.35. The maximum Gasteiger partial charge on any atom is 0.411 e. The van der Waals surface area contributed by atoms with Gasteiger partial charge in [0.25, 0.3) is 0 Å². The Morgan fingerprint density at radius 1 is 1.33 bits per heavy atom. The molecule has 0 saturated heterocycles. The van der Waals surface area contributed by atoms with Crippen molar-refractivity contribution in [1.82, 2.24) is 4.90 Å². The van der Waals surface area contributed by atoms with Gasteiger partial charge in [-0.3, -0.25) is 4.90 Å². The second kappa shape index (κ2) is 5.39. The SMILES string of the molecule is Cc1cccc2c1C[C@H](C(=O)O)N(C(=O)OC(C)(C)C)C2. The standard InChI is InChI=1S/C16H21NO4/c1-10-6-5-7-11-9-17(15(20)21-16(2,3)4)13(14(18)19)8-12(10)11/h5-7,13H,8-9H2,1-4H3,(H,18,19)/t13-/m1/s1. The predicted molar refractivity (Wildman–Crippen MR) is 78.1 cm³/mol. The number of nitrogens with zero attached hydrogens (tertiary/aromatic N) is 1. The molecule has 2 rings (SSSR count). The number of aliphatic carboxylic acids is 1. The number of fused-ring (bicyclic) bond motifs is 1. The number of amides is 1. The second-order valence-corrected chi connectivity index (χ2v) is 6.38. The lowest BCUT2D eigenvalue weighted by Crippen LogP contribution is -2.50. The molecular weight excluding hydrogens is 270 g/mol. The van der Waals surface area contributed by atoms with Crippen molar-refractivity contribution in [3.05, 3.63) is 34.9 Å². The summed E-state index contributed by atoms with van der Waals surface area (Å²) >= 11 is 0. The Labute approximate surface area is 124 Å². The molecule has 0 saturated carbocycles. The molecule has 1 N–H and O–H groups in total. The van der Waals surface area contributed by atoms with E-state index < -0.39 is 23.7 Å². The fourth-order valence-corrected chi connectivity index (χ4v) is 2.53. The van der Waals surface area contributed by atoms with Gasteiger partial charge >= 0.3 is 12.1 Å². The Morgan fingerprint density at radius 3 is 2.57 bits per heavy atom. The van der Waals surface area contributed by atoms with Crippen molar-refractivity contribution in [1.29, 1.82) is 0 Å². The number of benzene rings is 1. The van der Waals surface area contributed by atoms with Gasteiger partial charge in [-0.05, 0) is 44.4 Å². The van der Waals surface area contributed by atoms with Crippen molar-refractivity contribution >= 4 is 12.1 Å². The fraction of sp³-hybridized carbons (Fsp3) is 0.500. The number of aryl methyl sites for hydroxylation is 1. The zero-order valence-corrected chi connectivity index (χ0v) is 12.8. The van der Waals surface area contributed by atoms with Crippen LogP contribution in [0.2, 0.25) is 0 Å². The van der Waals surface area contributed by atoms with E-state index in [1.807, 2.05) is 25.1 Å². The summed E-state index contributed by atoms with van der Waals surface area (Å²) in [6.45, 7) is 7.53. The molecule has 1 aromatic carbocycles.